The summed E-state index contributed by atoms with van der Waals surface area (Å²) in [5.74, 6) is 0.106. The van der Waals surface area contributed by atoms with E-state index in [4.69, 9.17) is 13.9 Å². The first-order valence-corrected chi connectivity index (χ1v) is 10.7. The minimum Gasteiger partial charge on any atom is -0.507 e. The molecule has 0 saturated carbocycles. The van der Waals surface area contributed by atoms with Crippen molar-refractivity contribution in [3.63, 3.8) is 0 Å². The number of carbonyl (C=O) groups is 2. The van der Waals surface area contributed by atoms with Crippen LogP contribution in [0.4, 0.5) is 0 Å². The molecule has 1 atom stereocenters. The van der Waals surface area contributed by atoms with E-state index in [0.29, 0.717) is 23.7 Å². The maximum Gasteiger partial charge on any atom is 0.295 e. The number of aryl methyl sites for hydroxylation is 1. The zero-order valence-corrected chi connectivity index (χ0v) is 19.5. The smallest absolute Gasteiger partial charge is 0.295 e. The van der Waals surface area contributed by atoms with Crippen LogP contribution >= 0.6 is 0 Å². The number of furan rings is 1. The highest BCUT2D eigenvalue weighted by molar-refractivity contribution is 6.46. The van der Waals surface area contributed by atoms with E-state index < -0.39 is 17.7 Å². The van der Waals surface area contributed by atoms with Gasteiger partial charge >= 0.3 is 0 Å². The molecule has 0 aliphatic carbocycles. The molecule has 1 aliphatic heterocycles. The minimum atomic E-state index is -0.830. The highest BCUT2D eigenvalue weighted by Gasteiger charge is 2.47. The average Bonchev–Trinajstić information content (AvgIpc) is 3.27. The molecule has 1 N–H and O–H groups in total. The highest BCUT2D eigenvalue weighted by Crippen LogP contribution is 2.41. The van der Waals surface area contributed by atoms with Gasteiger partial charge in [0.05, 0.1) is 18.8 Å². The Hall–Kier alpha value is -3.06. The van der Waals surface area contributed by atoms with Crippen LogP contribution < -0.4 is 4.74 Å². The van der Waals surface area contributed by atoms with Crippen molar-refractivity contribution >= 4 is 17.4 Å². The fraction of sp³-hybridized carbons (Fsp3) is 0.440. The largest absolute Gasteiger partial charge is 0.507 e. The summed E-state index contributed by atoms with van der Waals surface area (Å²) in [7, 11) is 1.52. The molecule has 3 rings (SSSR count). The Morgan fingerprint density at radius 1 is 1.19 bits per heavy atom. The Kier molecular flexibility index (Phi) is 6.79. The summed E-state index contributed by atoms with van der Waals surface area (Å²) in [4.78, 5) is 27.2. The van der Waals surface area contributed by atoms with Gasteiger partial charge in [0.1, 0.15) is 29.1 Å². The molecular formula is C25H31NO6. The summed E-state index contributed by atoms with van der Waals surface area (Å²) in [6, 6.07) is 7.95. The Bertz CT molecular complexity index is 1040. The number of aliphatic hydroxyl groups is 1. The Balaban J connectivity index is 2.18. The summed E-state index contributed by atoms with van der Waals surface area (Å²) < 4.78 is 16.6. The molecule has 2 aromatic rings. The number of likely N-dealkylation sites (tertiary alicyclic amines) is 1. The second kappa shape index (κ2) is 9.20. The molecule has 1 saturated heterocycles. The predicted octanol–water partition coefficient (Wildman–Crippen LogP) is 4.35. The lowest BCUT2D eigenvalue weighted by molar-refractivity contribution is -0.140. The third-order valence-electron chi connectivity index (χ3n) is 5.47. The van der Waals surface area contributed by atoms with Gasteiger partial charge < -0.3 is 23.9 Å². The van der Waals surface area contributed by atoms with Gasteiger partial charge in [0.15, 0.2) is 0 Å². The molecule has 1 amide bonds. The predicted molar refractivity (Wildman–Crippen MR) is 121 cm³/mol. The van der Waals surface area contributed by atoms with E-state index in [1.54, 1.807) is 31.2 Å². The molecule has 32 heavy (non-hydrogen) atoms. The van der Waals surface area contributed by atoms with Crippen LogP contribution in [0.15, 0.2) is 40.3 Å². The van der Waals surface area contributed by atoms with Crippen molar-refractivity contribution in [3.05, 3.63) is 58.6 Å². The van der Waals surface area contributed by atoms with Gasteiger partial charge in [-0.15, -0.1) is 0 Å². The standard InChI is InChI=1S/C25H31NO6/c1-7-31-18-11-9-16(14-17(18)25(3,4)5)22(27)20-21(19-10-8-15(2)32-19)26(12-13-30-6)24(29)23(20)28/h8-11,14,21,27H,7,12-13H2,1-6H3/b22-20-. The van der Waals surface area contributed by atoms with Crippen molar-refractivity contribution in [2.75, 3.05) is 26.9 Å². The van der Waals surface area contributed by atoms with Crippen molar-refractivity contribution < 1.29 is 28.6 Å². The summed E-state index contributed by atoms with van der Waals surface area (Å²) in [5, 5.41) is 11.3. The lowest BCUT2D eigenvalue weighted by atomic mass is 9.84. The fourth-order valence-electron chi connectivity index (χ4n) is 3.90. The zero-order chi connectivity index (χ0) is 23.6. The number of benzene rings is 1. The van der Waals surface area contributed by atoms with Gasteiger partial charge in [-0.1, -0.05) is 20.8 Å². The lowest BCUT2D eigenvalue weighted by Crippen LogP contribution is -2.32. The molecule has 0 bridgehead atoms. The van der Waals surface area contributed by atoms with Crippen LogP contribution in [0.5, 0.6) is 5.75 Å². The van der Waals surface area contributed by atoms with Crippen molar-refractivity contribution in [3.8, 4) is 5.75 Å². The van der Waals surface area contributed by atoms with Crippen molar-refractivity contribution in [2.45, 2.75) is 46.1 Å². The third kappa shape index (κ3) is 4.43. The molecule has 0 spiro atoms. The van der Waals surface area contributed by atoms with Crippen molar-refractivity contribution in [1.82, 2.24) is 4.90 Å². The molecule has 7 nitrogen and oxygen atoms in total. The van der Waals surface area contributed by atoms with Crippen molar-refractivity contribution in [2.24, 2.45) is 0 Å². The molecule has 1 fully saturated rings. The number of methoxy groups -OCH3 is 1. The van der Waals surface area contributed by atoms with Crippen LogP contribution in [0.2, 0.25) is 0 Å². The van der Waals surface area contributed by atoms with Crippen LogP contribution in [-0.4, -0.2) is 48.6 Å². The van der Waals surface area contributed by atoms with Gasteiger partial charge in [-0.2, -0.15) is 0 Å². The topological polar surface area (TPSA) is 89.2 Å². The number of ketones is 1. The number of Topliss-reactive ketones (excluding diaryl/α,β-unsaturated/α-hetero) is 1. The average molecular weight is 442 g/mol. The number of hydrogen-bond acceptors (Lipinski definition) is 6. The molecule has 1 aromatic carbocycles. The maximum atomic E-state index is 13.0. The lowest BCUT2D eigenvalue weighted by Gasteiger charge is -2.24. The first-order chi connectivity index (χ1) is 15.1. The van der Waals surface area contributed by atoms with E-state index in [2.05, 4.69) is 0 Å². The van der Waals surface area contributed by atoms with E-state index >= 15 is 0 Å². The minimum absolute atomic E-state index is 0.00414. The van der Waals surface area contributed by atoms with Gasteiger partial charge in [-0.25, -0.2) is 0 Å². The number of carbonyl (C=O) groups excluding carboxylic acids is 2. The molecule has 7 heteroatoms. The number of rotatable bonds is 7. The number of nitrogens with zero attached hydrogens (tertiary/aromatic N) is 1. The molecule has 1 aromatic heterocycles. The van der Waals surface area contributed by atoms with Crippen LogP contribution in [-0.2, 0) is 19.7 Å². The van der Waals surface area contributed by atoms with Crippen molar-refractivity contribution in [1.29, 1.82) is 0 Å². The molecule has 172 valence electrons. The van der Waals surface area contributed by atoms with Crippen LogP contribution in [0, 0.1) is 6.92 Å². The van der Waals surface area contributed by atoms with Gasteiger partial charge in [0.25, 0.3) is 11.7 Å². The Morgan fingerprint density at radius 3 is 2.47 bits per heavy atom. The summed E-state index contributed by atoms with van der Waals surface area (Å²) in [6.45, 7) is 10.8. The van der Waals surface area contributed by atoms with E-state index in [1.807, 2.05) is 33.8 Å². The normalized spacial score (nSPS) is 18.4. The van der Waals surface area contributed by atoms with Crippen LogP contribution in [0.1, 0.15) is 56.4 Å². The van der Waals surface area contributed by atoms with Gasteiger partial charge in [-0.05, 0) is 49.6 Å². The molecule has 2 heterocycles. The number of amides is 1. The second-order valence-electron chi connectivity index (χ2n) is 8.83. The monoisotopic (exact) mass is 441 g/mol. The van der Waals surface area contributed by atoms with Crippen LogP contribution in [0.3, 0.4) is 0 Å². The Labute approximate surface area is 188 Å². The highest BCUT2D eigenvalue weighted by atomic mass is 16.5. The summed E-state index contributed by atoms with van der Waals surface area (Å²) in [6.07, 6.45) is 0. The van der Waals surface area contributed by atoms with Gasteiger partial charge in [0, 0.05) is 24.8 Å². The first-order valence-electron chi connectivity index (χ1n) is 10.7. The quantitative estimate of drug-likeness (QED) is 0.390. The number of ether oxygens (including phenoxy) is 2. The Morgan fingerprint density at radius 2 is 1.91 bits per heavy atom. The van der Waals surface area contributed by atoms with Gasteiger partial charge in [0.2, 0.25) is 0 Å². The first kappa shape index (κ1) is 23.6. The van der Waals surface area contributed by atoms with Gasteiger partial charge in [-0.3, -0.25) is 9.59 Å². The maximum absolute atomic E-state index is 13.0. The van der Waals surface area contributed by atoms with E-state index in [1.165, 1.54) is 12.0 Å². The molecular weight excluding hydrogens is 410 g/mol. The molecule has 0 radical (unpaired) electrons. The number of aliphatic hydroxyl groups excluding tert-OH is 1. The zero-order valence-electron chi connectivity index (χ0n) is 19.5. The van der Waals surface area contributed by atoms with E-state index in [-0.39, 0.29) is 29.9 Å². The third-order valence-corrected chi connectivity index (χ3v) is 5.47. The molecule has 1 unspecified atom stereocenters. The second-order valence-corrected chi connectivity index (χ2v) is 8.83. The fourth-order valence-corrected chi connectivity index (χ4v) is 3.90. The van der Waals surface area contributed by atoms with Crippen LogP contribution in [0.25, 0.3) is 5.76 Å². The van der Waals surface area contributed by atoms with E-state index in [0.717, 1.165) is 11.3 Å². The summed E-state index contributed by atoms with van der Waals surface area (Å²) in [5.41, 5.74) is 1.08. The molecule has 1 aliphatic rings. The van der Waals surface area contributed by atoms with E-state index in [9.17, 15) is 14.7 Å². The number of hydrogen-bond donors (Lipinski definition) is 1. The summed E-state index contributed by atoms with van der Waals surface area (Å²) >= 11 is 0. The SMILES string of the molecule is CCOc1ccc(/C(O)=C2/C(=O)C(=O)N(CCOC)C2c2ccc(C)o2)cc1C(C)(C)C.